The Morgan fingerprint density at radius 1 is 0.966 bits per heavy atom. The molecule has 2 aromatic carbocycles. The minimum absolute atomic E-state index is 0.173. The van der Waals surface area contributed by atoms with Crippen LogP contribution in [-0.4, -0.2) is 39.3 Å². The predicted octanol–water partition coefficient (Wildman–Crippen LogP) is 4.54. The van der Waals surface area contributed by atoms with Gasteiger partial charge in [0.25, 0.3) is 11.7 Å². The van der Waals surface area contributed by atoms with Crippen LogP contribution in [0, 0.1) is 0 Å². The van der Waals surface area contributed by atoms with E-state index in [2.05, 4.69) is 0 Å². The van der Waals surface area contributed by atoms with Gasteiger partial charge in [-0.05, 0) is 42.0 Å². The fraction of sp³-hybridized carbons (Fsp3) is 0.150. The maximum absolute atomic E-state index is 12.8. The van der Waals surface area contributed by atoms with Crippen molar-refractivity contribution in [2.45, 2.75) is 12.5 Å². The highest BCUT2D eigenvalue weighted by Gasteiger charge is 2.46. The number of Topliss-reactive ketones (excluding diaryl/α,β-unsaturated/α-hetero) is 1. The Bertz CT molecular complexity index is 1030. The number of halogens is 3. The molecule has 1 atom stereocenters. The minimum Gasteiger partial charge on any atom is -0.507 e. The average molecular weight is 455 g/mol. The normalized spacial score (nSPS) is 18.3. The highest BCUT2D eigenvalue weighted by Crippen LogP contribution is 2.42. The van der Waals surface area contributed by atoms with E-state index in [1.165, 1.54) is 42.5 Å². The van der Waals surface area contributed by atoms with Gasteiger partial charge in [-0.1, -0.05) is 40.9 Å². The number of ketones is 1. The Labute approximate surface area is 180 Å². The van der Waals surface area contributed by atoms with Crippen LogP contribution in [0.1, 0.15) is 23.6 Å². The van der Waals surface area contributed by atoms with Crippen molar-refractivity contribution in [3.63, 3.8) is 0 Å². The highest BCUT2D eigenvalue weighted by molar-refractivity contribution is 6.47. The molecule has 0 spiro atoms. The van der Waals surface area contributed by atoms with Gasteiger partial charge in [-0.3, -0.25) is 14.4 Å². The third-order valence-electron chi connectivity index (χ3n) is 4.48. The molecule has 0 aromatic heterocycles. The number of nitrogens with zero attached hydrogens (tertiary/aromatic N) is 1. The summed E-state index contributed by atoms with van der Waals surface area (Å²) in [6.45, 7) is -0.235. The van der Waals surface area contributed by atoms with E-state index in [9.17, 15) is 19.5 Å². The van der Waals surface area contributed by atoms with E-state index >= 15 is 0 Å². The first-order valence-electron chi connectivity index (χ1n) is 8.41. The fourth-order valence-corrected chi connectivity index (χ4v) is 3.77. The molecule has 1 aliphatic heterocycles. The van der Waals surface area contributed by atoms with Gasteiger partial charge in [0.1, 0.15) is 5.76 Å². The molecule has 2 N–H and O–H groups in total. The van der Waals surface area contributed by atoms with Gasteiger partial charge >= 0.3 is 5.97 Å². The predicted molar refractivity (Wildman–Crippen MR) is 109 cm³/mol. The topological polar surface area (TPSA) is 94.9 Å². The van der Waals surface area contributed by atoms with E-state index in [0.717, 1.165) is 4.90 Å². The van der Waals surface area contributed by atoms with E-state index in [4.69, 9.17) is 39.9 Å². The lowest BCUT2D eigenvalue weighted by atomic mass is 9.95. The van der Waals surface area contributed by atoms with Crippen LogP contribution in [0.2, 0.25) is 15.1 Å². The molecule has 1 unspecified atom stereocenters. The number of amides is 1. The number of carbonyl (C=O) groups is 3. The molecule has 0 aliphatic carbocycles. The van der Waals surface area contributed by atoms with Crippen LogP contribution in [0.5, 0.6) is 0 Å². The standard InChI is InChI=1S/C20H14Cl3NO5/c21-11-3-1-10(2-4-11)18(27)16-17(13-6-5-12(22)9-14(13)23)24(8-7-15(25)26)20(29)19(16)28/h1-6,9,17,27H,7-8H2,(H,25,26). The smallest absolute Gasteiger partial charge is 0.305 e. The molecule has 1 fully saturated rings. The van der Waals surface area contributed by atoms with E-state index in [1.807, 2.05) is 0 Å². The van der Waals surface area contributed by atoms with E-state index in [1.54, 1.807) is 0 Å². The number of benzene rings is 2. The number of carboxylic acid groups (broad SMARTS) is 1. The van der Waals surface area contributed by atoms with Crippen molar-refractivity contribution in [2.75, 3.05) is 6.54 Å². The van der Waals surface area contributed by atoms with Gasteiger partial charge in [0.05, 0.1) is 18.0 Å². The van der Waals surface area contributed by atoms with Gasteiger partial charge in [0.15, 0.2) is 0 Å². The van der Waals surface area contributed by atoms with Crippen molar-refractivity contribution in [3.8, 4) is 0 Å². The van der Waals surface area contributed by atoms with Gasteiger partial charge in [-0.2, -0.15) is 0 Å². The van der Waals surface area contributed by atoms with Crippen LogP contribution in [-0.2, 0) is 14.4 Å². The summed E-state index contributed by atoms with van der Waals surface area (Å²) in [4.78, 5) is 37.5. The van der Waals surface area contributed by atoms with Crippen LogP contribution >= 0.6 is 34.8 Å². The molecular weight excluding hydrogens is 441 g/mol. The lowest BCUT2D eigenvalue weighted by Crippen LogP contribution is -2.32. The van der Waals surface area contributed by atoms with Gasteiger partial charge < -0.3 is 15.1 Å². The molecule has 1 saturated heterocycles. The summed E-state index contributed by atoms with van der Waals surface area (Å²) < 4.78 is 0. The second kappa shape index (κ2) is 8.45. The Balaban J connectivity index is 2.19. The molecule has 29 heavy (non-hydrogen) atoms. The largest absolute Gasteiger partial charge is 0.507 e. The third-order valence-corrected chi connectivity index (χ3v) is 5.30. The van der Waals surface area contributed by atoms with Crippen molar-refractivity contribution in [2.24, 2.45) is 0 Å². The molecular formula is C20H14Cl3NO5. The fourth-order valence-electron chi connectivity index (χ4n) is 3.14. The summed E-state index contributed by atoms with van der Waals surface area (Å²) in [6.07, 6.45) is -0.379. The van der Waals surface area contributed by atoms with Crippen LogP contribution in [0.3, 0.4) is 0 Å². The molecule has 0 radical (unpaired) electrons. The van der Waals surface area contributed by atoms with Crippen LogP contribution in [0.15, 0.2) is 48.0 Å². The first-order chi connectivity index (χ1) is 13.7. The number of likely N-dealkylation sites (tertiary alicyclic amines) is 1. The van der Waals surface area contributed by atoms with Crippen LogP contribution in [0.25, 0.3) is 5.76 Å². The van der Waals surface area contributed by atoms with Crippen molar-refractivity contribution < 1.29 is 24.6 Å². The number of aliphatic hydroxyl groups excluding tert-OH is 1. The number of aliphatic hydroxyl groups is 1. The molecule has 1 amide bonds. The number of aliphatic carboxylic acids is 1. The zero-order valence-corrected chi connectivity index (χ0v) is 17.0. The highest BCUT2D eigenvalue weighted by atomic mass is 35.5. The van der Waals surface area contributed by atoms with Crippen LogP contribution in [0.4, 0.5) is 0 Å². The second-order valence-corrected chi connectivity index (χ2v) is 7.59. The van der Waals surface area contributed by atoms with E-state index in [0.29, 0.717) is 15.6 Å². The lowest BCUT2D eigenvalue weighted by molar-refractivity contribution is -0.142. The van der Waals surface area contributed by atoms with Gasteiger partial charge in [-0.15, -0.1) is 0 Å². The van der Waals surface area contributed by atoms with Crippen molar-refractivity contribution in [1.29, 1.82) is 0 Å². The Hall–Kier alpha value is -2.54. The maximum Gasteiger partial charge on any atom is 0.305 e. The number of rotatable bonds is 5. The zero-order valence-electron chi connectivity index (χ0n) is 14.7. The molecule has 1 heterocycles. The summed E-state index contributed by atoms with van der Waals surface area (Å²) in [5.74, 6) is -3.39. The third kappa shape index (κ3) is 4.24. The molecule has 1 aliphatic rings. The number of carboxylic acids is 1. The van der Waals surface area contributed by atoms with Crippen molar-refractivity contribution in [1.82, 2.24) is 4.90 Å². The minimum atomic E-state index is -1.13. The molecule has 2 aromatic rings. The number of hydrogen-bond donors (Lipinski definition) is 2. The van der Waals surface area contributed by atoms with E-state index in [-0.39, 0.29) is 29.1 Å². The molecule has 6 nitrogen and oxygen atoms in total. The summed E-state index contributed by atoms with van der Waals surface area (Å²) >= 11 is 18.1. The summed E-state index contributed by atoms with van der Waals surface area (Å²) in [7, 11) is 0. The first-order valence-corrected chi connectivity index (χ1v) is 9.55. The summed E-state index contributed by atoms with van der Waals surface area (Å²) in [5.41, 5.74) is 0.434. The molecule has 3 rings (SSSR count). The van der Waals surface area contributed by atoms with Gasteiger partial charge in [0.2, 0.25) is 0 Å². The van der Waals surface area contributed by atoms with Gasteiger partial charge in [-0.25, -0.2) is 0 Å². The Kier molecular flexibility index (Phi) is 6.17. The second-order valence-electron chi connectivity index (χ2n) is 6.31. The average Bonchev–Trinajstić information content (AvgIpc) is 2.91. The molecule has 0 bridgehead atoms. The Morgan fingerprint density at radius 2 is 1.59 bits per heavy atom. The summed E-state index contributed by atoms with van der Waals surface area (Å²) in [5, 5.41) is 20.8. The molecule has 150 valence electrons. The van der Waals surface area contributed by atoms with E-state index < -0.39 is 29.5 Å². The summed E-state index contributed by atoms with van der Waals surface area (Å²) in [6, 6.07) is 9.51. The quantitative estimate of drug-likeness (QED) is 0.393. The van der Waals surface area contributed by atoms with Crippen molar-refractivity contribution in [3.05, 3.63) is 74.2 Å². The first kappa shape index (κ1) is 21.2. The monoisotopic (exact) mass is 453 g/mol. The maximum atomic E-state index is 12.8. The molecule has 9 heteroatoms. The SMILES string of the molecule is O=C(O)CCN1C(=O)C(=O)C(=C(O)c2ccc(Cl)cc2)C1c1ccc(Cl)cc1Cl. The number of carbonyl (C=O) groups excluding carboxylic acids is 2. The lowest BCUT2D eigenvalue weighted by Gasteiger charge is -2.25. The molecule has 0 saturated carbocycles. The van der Waals surface area contributed by atoms with Crippen LogP contribution < -0.4 is 0 Å². The van der Waals surface area contributed by atoms with Gasteiger partial charge in [0, 0.05) is 27.2 Å². The van der Waals surface area contributed by atoms with Crippen molar-refractivity contribution >= 4 is 58.2 Å². The number of hydrogen-bond acceptors (Lipinski definition) is 4. The Morgan fingerprint density at radius 3 is 2.17 bits per heavy atom. The zero-order chi connectivity index (χ0) is 21.3.